The van der Waals surface area contributed by atoms with E-state index in [9.17, 15) is 13.2 Å². The van der Waals surface area contributed by atoms with E-state index in [1.54, 1.807) is 12.1 Å². The molecule has 3 nitrogen and oxygen atoms in total. The predicted octanol–water partition coefficient (Wildman–Crippen LogP) is 8.53. The van der Waals surface area contributed by atoms with Gasteiger partial charge in [-0.15, -0.1) is 24.9 Å². The Kier molecular flexibility index (Phi) is 6.44. The second-order valence-corrected chi connectivity index (χ2v) is 10.1. The molecule has 1 saturated carbocycles. The molecular formula is C25H19Cl2F3N2OS. The average Bonchev–Trinajstić information content (AvgIpc) is 3.52. The van der Waals surface area contributed by atoms with E-state index in [1.165, 1.54) is 41.7 Å². The van der Waals surface area contributed by atoms with Crippen molar-refractivity contribution >= 4 is 46.0 Å². The Labute approximate surface area is 208 Å². The van der Waals surface area contributed by atoms with Crippen molar-refractivity contribution in [1.82, 2.24) is 9.97 Å². The molecule has 1 aliphatic carbocycles. The summed E-state index contributed by atoms with van der Waals surface area (Å²) < 4.78 is 42.9. The fraction of sp³-hybridized carbons (Fsp3) is 0.240. The van der Waals surface area contributed by atoms with E-state index in [1.807, 2.05) is 11.8 Å². The van der Waals surface area contributed by atoms with Crippen LogP contribution in [-0.4, -0.2) is 22.1 Å². The lowest BCUT2D eigenvalue weighted by Crippen LogP contribution is -2.17. The normalized spacial score (nSPS) is 14.0. The Hall–Kier alpha value is -2.35. The van der Waals surface area contributed by atoms with Gasteiger partial charge in [-0.05, 0) is 48.6 Å². The summed E-state index contributed by atoms with van der Waals surface area (Å²) >= 11 is 15.0. The summed E-state index contributed by atoms with van der Waals surface area (Å²) in [7, 11) is 0. The number of nitrogens with zero attached hydrogens (tertiary/aromatic N) is 1. The number of aromatic amines is 1. The van der Waals surface area contributed by atoms with Crippen LogP contribution >= 0.6 is 35.0 Å². The first kappa shape index (κ1) is 23.4. The van der Waals surface area contributed by atoms with E-state index in [2.05, 4.69) is 39.0 Å². The molecule has 1 heterocycles. The van der Waals surface area contributed by atoms with E-state index in [-0.39, 0.29) is 26.9 Å². The summed E-state index contributed by atoms with van der Waals surface area (Å²) in [4.78, 5) is 9.09. The van der Waals surface area contributed by atoms with Gasteiger partial charge in [-0.25, -0.2) is 4.98 Å². The van der Waals surface area contributed by atoms with Gasteiger partial charge in [0.15, 0.2) is 0 Å². The predicted molar refractivity (Wildman–Crippen MR) is 131 cm³/mol. The maximum absolute atomic E-state index is 12.9. The first-order valence-corrected chi connectivity index (χ1v) is 12.4. The van der Waals surface area contributed by atoms with Crippen molar-refractivity contribution in [2.75, 3.05) is 5.75 Å². The minimum atomic E-state index is -4.84. The number of alkyl halides is 3. The number of rotatable bonds is 7. The molecule has 0 atom stereocenters. The van der Waals surface area contributed by atoms with Crippen molar-refractivity contribution in [3.05, 3.63) is 76.0 Å². The van der Waals surface area contributed by atoms with E-state index in [0.29, 0.717) is 23.3 Å². The summed E-state index contributed by atoms with van der Waals surface area (Å²) in [6.07, 6.45) is -1.61. The molecule has 0 bridgehead atoms. The highest BCUT2D eigenvalue weighted by Crippen LogP contribution is 2.44. The number of imidazole rings is 1. The van der Waals surface area contributed by atoms with Crippen molar-refractivity contribution in [1.29, 1.82) is 0 Å². The van der Waals surface area contributed by atoms with Crippen LogP contribution in [-0.2, 0) is 6.42 Å². The second-order valence-electron chi connectivity index (χ2n) is 8.25. The summed E-state index contributed by atoms with van der Waals surface area (Å²) in [6.45, 7) is 0. The first-order valence-electron chi connectivity index (χ1n) is 10.7. The number of para-hydroxylation sites is 1. The van der Waals surface area contributed by atoms with Gasteiger partial charge in [0.25, 0.3) is 0 Å². The molecule has 0 unspecified atom stereocenters. The minimum absolute atomic E-state index is 0.139. The molecule has 0 amide bonds. The van der Waals surface area contributed by atoms with Gasteiger partial charge in [-0.2, -0.15) is 0 Å². The molecule has 4 aromatic rings. The van der Waals surface area contributed by atoms with E-state index >= 15 is 0 Å². The highest BCUT2D eigenvalue weighted by molar-refractivity contribution is 7.99. The van der Waals surface area contributed by atoms with Crippen molar-refractivity contribution < 1.29 is 17.9 Å². The maximum Gasteiger partial charge on any atom is 0.573 e. The lowest BCUT2D eigenvalue weighted by atomic mass is 10.0. The fourth-order valence-corrected chi connectivity index (χ4v) is 5.54. The van der Waals surface area contributed by atoms with Crippen LogP contribution in [0.2, 0.25) is 10.0 Å². The summed E-state index contributed by atoms with van der Waals surface area (Å²) in [5.74, 6) is 2.34. The third kappa shape index (κ3) is 5.32. The molecule has 1 N–H and O–H groups in total. The van der Waals surface area contributed by atoms with Gasteiger partial charge >= 0.3 is 6.36 Å². The number of aromatic nitrogens is 2. The summed E-state index contributed by atoms with van der Waals surface area (Å²) in [5, 5.41) is 0.359. The Bertz CT molecular complexity index is 1330. The smallest absolute Gasteiger partial charge is 0.405 e. The van der Waals surface area contributed by atoms with Gasteiger partial charge in [-0.1, -0.05) is 53.5 Å². The van der Waals surface area contributed by atoms with Crippen LogP contribution in [0.3, 0.4) is 0 Å². The number of fused-ring (bicyclic) bond motifs is 1. The van der Waals surface area contributed by atoms with Crippen LogP contribution in [0.4, 0.5) is 13.2 Å². The third-order valence-electron chi connectivity index (χ3n) is 5.58. The largest absolute Gasteiger partial charge is 0.573 e. The van der Waals surface area contributed by atoms with Crippen LogP contribution in [0.1, 0.15) is 24.2 Å². The van der Waals surface area contributed by atoms with E-state index < -0.39 is 6.36 Å². The summed E-state index contributed by atoms with van der Waals surface area (Å²) in [6, 6.07) is 15.8. The molecule has 176 valence electrons. The Morgan fingerprint density at radius 3 is 2.50 bits per heavy atom. The van der Waals surface area contributed by atoms with E-state index in [4.69, 9.17) is 23.2 Å². The molecule has 0 spiro atoms. The Morgan fingerprint density at radius 2 is 1.79 bits per heavy atom. The average molecular weight is 523 g/mol. The van der Waals surface area contributed by atoms with Crippen LogP contribution in [0, 0.1) is 5.92 Å². The molecule has 1 aromatic heterocycles. The molecule has 0 radical (unpaired) electrons. The van der Waals surface area contributed by atoms with Gasteiger partial charge in [-0.3, -0.25) is 0 Å². The molecule has 0 saturated heterocycles. The highest BCUT2D eigenvalue weighted by atomic mass is 35.5. The van der Waals surface area contributed by atoms with Crippen LogP contribution in [0.5, 0.6) is 5.75 Å². The summed E-state index contributed by atoms with van der Waals surface area (Å²) in [5.41, 5.74) is 2.52. The standard InChI is InChI=1S/C25H19Cl2F3N2OS/c26-18-12-19-24(23(27)22(18)17-3-1-2-4-20(17)33-25(28,29)30)32-21(31-19)11-14-7-9-16(10-8-14)34-13-15-5-6-15/h1-4,7-10,12,15H,5-6,11,13H2,(H,31,32). The van der Waals surface area contributed by atoms with Crippen LogP contribution < -0.4 is 4.74 Å². The topological polar surface area (TPSA) is 37.9 Å². The lowest BCUT2D eigenvalue weighted by Gasteiger charge is -2.15. The third-order valence-corrected chi connectivity index (χ3v) is 7.49. The highest BCUT2D eigenvalue weighted by Gasteiger charge is 2.33. The number of benzene rings is 3. The number of thioether (sulfide) groups is 1. The van der Waals surface area contributed by atoms with Gasteiger partial charge in [0.1, 0.15) is 17.1 Å². The zero-order valence-electron chi connectivity index (χ0n) is 17.8. The molecule has 34 heavy (non-hydrogen) atoms. The molecule has 5 rings (SSSR count). The number of H-pyrrole nitrogens is 1. The van der Waals surface area contributed by atoms with Gasteiger partial charge in [0, 0.05) is 28.2 Å². The Balaban J connectivity index is 1.43. The van der Waals surface area contributed by atoms with Crippen LogP contribution in [0.15, 0.2) is 59.5 Å². The lowest BCUT2D eigenvalue weighted by molar-refractivity contribution is -0.274. The minimum Gasteiger partial charge on any atom is -0.405 e. The first-order chi connectivity index (χ1) is 16.3. The number of ether oxygens (including phenoxy) is 1. The quantitative estimate of drug-likeness (QED) is 0.247. The molecular weight excluding hydrogens is 504 g/mol. The second kappa shape index (κ2) is 9.36. The van der Waals surface area contributed by atoms with Crippen LogP contribution in [0.25, 0.3) is 22.2 Å². The van der Waals surface area contributed by atoms with Crippen molar-refractivity contribution in [3.8, 4) is 16.9 Å². The zero-order valence-corrected chi connectivity index (χ0v) is 20.1. The fourth-order valence-electron chi connectivity index (χ4n) is 3.74. The number of hydrogen-bond acceptors (Lipinski definition) is 3. The number of halogens is 5. The zero-order chi connectivity index (χ0) is 23.9. The SMILES string of the molecule is FC(F)(F)Oc1ccccc1-c1c(Cl)cc2[nH]c(Cc3ccc(SCC4CC4)cc3)nc2c1Cl. The molecule has 1 fully saturated rings. The monoisotopic (exact) mass is 522 g/mol. The van der Waals surface area contributed by atoms with Gasteiger partial charge in [0.2, 0.25) is 0 Å². The molecule has 0 aliphatic heterocycles. The maximum atomic E-state index is 12.9. The number of hydrogen-bond donors (Lipinski definition) is 1. The van der Waals surface area contributed by atoms with Crippen molar-refractivity contribution in [2.45, 2.75) is 30.5 Å². The van der Waals surface area contributed by atoms with Crippen molar-refractivity contribution in [2.24, 2.45) is 5.92 Å². The molecule has 1 aliphatic rings. The van der Waals surface area contributed by atoms with E-state index in [0.717, 1.165) is 11.5 Å². The van der Waals surface area contributed by atoms with Gasteiger partial charge < -0.3 is 9.72 Å². The van der Waals surface area contributed by atoms with Crippen molar-refractivity contribution in [3.63, 3.8) is 0 Å². The Morgan fingerprint density at radius 1 is 1.06 bits per heavy atom. The molecule has 3 aromatic carbocycles. The number of nitrogens with one attached hydrogen (secondary N) is 1. The molecule has 9 heteroatoms. The van der Waals surface area contributed by atoms with Gasteiger partial charge in [0.05, 0.1) is 15.6 Å².